The van der Waals surface area contributed by atoms with E-state index >= 15 is 0 Å². The van der Waals surface area contributed by atoms with Gasteiger partial charge in [0.15, 0.2) is 4.32 Å². The summed E-state index contributed by atoms with van der Waals surface area (Å²) >= 11 is 6.62. The Morgan fingerprint density at radius 2 is 1.92 bits per heavy atom. The smallest absolute Gasteiger partial charge is 0.270 e. The number of ether oxygens (including phenoxy) is 1. The first-order valence-electron chi connectivity index (χ1n) is 7.05. The van der Waals surface area contributed by atoms with Gasteiger partial charge in [0.25, 0.3) is 5.91 Å². The molecule has 6 heteroatoms. The van der Waals surface area contributed by atoms with Gasteiger partial charge >= 0.3 is 0 Å². The van der Waals surface area contributed by atoms with Crippen LogP contribution >= 0.6 is 24.0 Å². The highest BCUT2D eigenvalue weighted by Gasteiger charge is 2.34. The van der Waals surface area contributed by atoms with Crippen LogP contribution in [-0.2, 0) is 4.79 Å². The topological polar surface area (TPSA) is 53.3 Å². The Bertz CT molecular complexity index is 883. The van der Waals surface area contributed by atoms with Crippen LogP contribution in [0.5, 0.6) is 5.75 Å². The quantitative estimate of drug-likeness (QED) is 0.618. The van der Waals surface area contributed by atoms with Gasteiger partial charge in [0.2, 0.25) is 0 Å². The molecule has 2 aromatic carbocycles. The number of hydrogen-bond acceptors (Lipinski definition) is 5. The van der Waals surface area contributed by atoms with Gasteiger partial charge in [0.05, 0.1) is 29.3 Å². The van der Waals surface area contributed by atoms with Gasteiger partial charge in [0.1, 0.15) is 5.75 Å². The summed E-state index contributed by atoms with van der Waals surface area (Å²) in [5.74, 6) is 0.410. The summed E-state index contributed by atoms with van der Waals surface area (Å²) in [6.07, 6.45) is 1.77. The summed E-state index contributed by atoms with van der Waals surface area (Å²) in [6.45, 7) is 0. The molecular weight excluding hydrogens is 340 g/mol. The number of nitrogens with zero attached hydrogens (tertiary/aromatic N) is 2. The predicted molar refractivity (Wildman–Crippen MR) is 99.8 cm³/mol. The molecule has 0 N–H and O–H groups in total. The second kappa shape index (κ2) is 6.87. The Morgan fingerprint density at radius 3 is 2.58 bits per heavy atom. The standard InChI is InChI=1S/C18H12N2O2S2/c1-22-15-5-3-2-4-14(15)20-17(21)16(24-18(20)23)10-12-6-8-13(11-19)9-7-12/h2-10H,1H3/b16-10+. The summed E-state index contributed by atoms with van der Waals surface area (Å²) in [5.41, 5.74) is 2.05. The number of thiocarbonyl (C=S) groups is 1. The van der Waals surface area contributed by atoms with Crippen molar-refractivity contribution in [2.75, 3.05) is 12.0 Å². The SMILES string of the molecule is COc1ccccc1N1C(=O)/C(=C\c2ccc(C#N)cc2)SC1=S. The second-order valence-electron chi connectivity index (χ2n) is 4.92. The van der Waals surface area contributed by atoms with E-state index in [-0.39, 0.29) is 5.91 Å². The van der Waals surface area contributed by atoms with Gasteiger partial charge < -0.3 is 4.74 Å². The number of amides is 1. The number of nitriles is 1. The fourth-order valence-corrected chi connectivity index (χ4v) is 3.58. The fraction of sp³-hybridized carbons (Fsp3) is 0.0556. The molecule has 0 radical (unpaired) electrons. The molecule has 0 atom stereocenters. The van der Waals surface area contributed by atoms with E-state index in [9.17, 15) is 4.79 Å². The Kier molecular flexibility index (Phi) is 4.65. The van der Waals surface area contributed by atoms with Crippen molar-refractivity contribution in [3.8, 4) is 11.8 Å². The Balaban J connectivity index is 1.94. The van der Waals surface area contributed by atoms with Crippen molar-refractivity contribution in [1.29, 1.82) is 5.26 Å². The number of anilines is 1. The number of rotatable bonds is 3. The van der Waals surface area contributed by atoms with Crippen molar-refractivity contribution >= 4 is 46.0 Å². The van der Waals surface area contributed by atoms with Crippen molar-refractivity contribution in [3.05, 3.63) is 64.6 Å². The summed E-state index contributed by atoms with van der Waals surface area (Å²) in [6, 6.07) is 16.4. The maximum atomic E-state index is 12.8. The monoisotopic (exact) mass is 352 g/mol. The average Bonchev–Trinajstić information content (AvgIpc) is 2.89. The first-order chi connectivity index (χ1) is 11.6. The number of hydrogen-bond donors (Lipinski definition) is 0. The predicted octanol–water partition coefficient (Wildman–Crippen LogP) is 3.97. The summed E-state index contributed by atoms with van der Waals surface area (Å²) < 4.78 is 5.78. The molecule has 0 saturated carbocycles. The van der Waals surface area contributed by atoms with Gasteiger partial charge in [-0.3, -0.25) is 9.69 Å². The average molecular weight is 352 g/mol. The van der Waals surface area contributed by atoms with E-state index in [0.29, 0.717) is 26.2 Å². The molecule has 1 heterocycles. The largest absolute Gasteiger partial charge is 0.495 e. The lowest BCUT2D eigenvalue weighted by Gasteiger charge is -2.17. The van der Waals surface area contributed by atoms with E-state index in [1.807, 2.05) is 12.1 Å². The van der Waals surface area contributed by atoms with Gasteiger partial charge in [-0.1, -0.05) is 48.2 Å². The number of methoxy groups -OCH3 is 1. The molecule has 1 saturated heterocycles. The third-order valence-electron chi connectivity index (χ3n) is 3.46. The van der Waals surface area contributed by atoms with Crippen molar-refractivity contribution < 1.29 is 9.53 Å². The molecule has 1 amide bonds. The molecular formula is C18H12N2O2S2. The van der Waals surface area contributed by atoms with Gasteiger partial charge in [-0.05, 0) is 35.9 Å². The maximum absolute atomic E-state index is 12.8. The van der Waals surface area contributed by atoms with E-state index in [0.717, 1.165) is 5.56 Å². The van der Waals surface area contributed by atoms with Gasteiger partial charge in [-0.25, -0.2) is 0 Å². The lowest BCUT2D eigenvalue weighted by Crippen LogP contribution is -2.27. The minimum absolute atomic E-state index is 0.182. The van der Waals surface area contributed by atoms with Crippen LogP contribution in [0.4, 0.5) is 5.69 Å². The van der Waals surface area contributed by atoms with Crippen LogP contribution in [-0.4, -0.2) is 17.3 Å². The van der Waals surface area contributed by atoms with Crippen LogP contribution < -0.4 is 9.64 Å². The van der Waals surface area contributed by atoms with Crippen LogP contribution in [0.3, 0.4) is 0 Å². The Labute approximate surface area is 149 Å². The molecule has 4 nitrogen and oxygen atoms in total. The van der Waals surface area contributed by atoms with E-state index in [4.69, 9.17) is 22.2 Å². The number of para-hydroxylation sites is 2. The number of thioether (sulfide) groups is 1. The molecule has 118 valence electrons. The number of carbonyl (C=O) groups is 1. The van der Waals surface area contributed by atoms with Crippen molar-refractivity contribution in [3.63, 3.8) is 0 Å². The molecule has 0 bridgehead atoms. The molecule has 1 aliphatic rings. The zero-order valence-electron chi connectivity index (χ0n) is 12.7. The van der Waals surface area contributed by atoms with Gasteiger partial charge in [-0.2, -0.15) is 5.26 Å². The second-order valence-corrected chi connectivity index (χ2v) is 6.60. The summed E-state index contributed by atoms with van der Waals surface area (Å²) in [7, 11) is 1.56. The highest BCUT2D eigenvalue weighted by molar-refractivity contribution is 8.27. The zero-order valence-corrected chi connectivity index (χ0v) is 14.4. The molecule has 0 unspecified atom stereocenters. The normalized spacial score (nSPS) is 15.7. The highest BCUT2D eigenvalue weighted by atomic mass is 32.2. The molecule has 24 heavy (non-hydrogen) atoms. The van der Waals surface area contributed by atoms with E-state index in [1.165, 1.54) is 16.7 Å². The lowest BCUT2D eigenvalue weighted by atomic mass is 10.1. The van der Waals surface area contributed by atoms with Crippen molar-refractivity contribution in [2.45, 2.75) is 0 Å². The summed E-state index contributed by atoms with van der Waals surface area (Å²) in [4.78, 5) is 14.8. The van der Waals surface area contributed by atoms with Crippen LogP contribution in [0, 0.1) is 11.3 Å². The Morgan fingerprint density at radius 1 is 1.21 bits per heavy atom. The number of carbonyl (C=O) groups excluding carboxylic acids is 1. The van der Waals surface area contributed by atoms with Gasteiger partial charge in [-0.15, -0.1) is 0 Å². The maximum Gasteiger partial charge on any atom is 0.270 e. The molecule has 1 fully saturated rings. The molecule has 0 aliphatic carbocycles. The van der Waals surface area contributed by atoms with Crippen LogP contribution in [0.1, 0.15) is 11.1 Å². The minimum Gasteiger partial charge on any atom is -0.495 e. The fourth-order valence-electron chi connectivity index (χ4n) is 2.30. The van der Waals surface area contributed by atoms with Crippen molar-refractivity contribution in [1.82, 2.24) is 0 Å². The number of benzene rings is 2. The lowest BCUT2D eigenvalue weighted by molar-refractivity contribution is -0.113. The van der Waals surface area contributed by atoms with Crippen LogP contribution in [0.25, 0.3) is 6.08 Å². The minimum atomic E-state index is -0.182. The van der Waals surface area contributed by atoms with E-state index in [1.54, 1.807) is 49.6 Å². The first kappa shape index (κ1) is 16.2. The molecule has 2 aromatic rings. The highest BCUT2D eigenvalue weighted by Crippen LogP contribution is 2.39. The molecule has 0 spiro atoms. The van der Waals surface area contributed by atoms with E-state index in [2.05, 4.69) is 6.07 Å². The summed E-state index contributed by atoms with van der Waals surface area (Å²) in [5, 5.41) is 8.84. The van der Waals surface area contributed by atoms with Gasteiger partial charge in [0, 0.05) is 0 Å². The zero-order chi connectivity index (χ0) is 17.1. The molecule has 1 aliphatic heterocycles. The Hall–Kier alpha value is -2.62. The van der Waals surface area contributed by atoms with E-state index < -0.39 is 0 Å². The molecule has 0 aromatic heterocycles. The first-order valence-corrected chi connectivity index (χ1v) is 8.27. The third-order valence-corrected chi connectivity index (χ3v) is 4.76. The van der Waals surface area contributed by atoms with Crippen molar-refractivity contribution in [2.24, 2.45) is 0 Å². The van der Waals surface area contributed by atoms with Crippen LogP contribution in [0.15, 0.2) is 53.4 Å². The van der Waals surface area contributed by atoms with Crippen LogP contribution in [0.2, 0.25) is 0 Å². The molecule has 3 rings (SSSR count). The third kappa shape index (κ3) is 3.04.